The van der Waals surface area contributed by atoms with Crippen LogP contribution in [0.2, 0.25) is 0 Å². The van der Waals surface area contributed by atoms with Gasteiger partial charge in [0, 0.05) is 36.2 Å². The fourth-order valence-electron chi connectivity index (χ4n) is 4.11. The first-order valence-corrected chi connectivity index (χ1v) is 11.9. The Morgan fingerprint density at radius 2 is 1.97 bits per heavy atom. The molecule has 1 N–H and O–H groups in total. The first-order valence-electron chi connectivity index (χ1n) is 11.9. The van der Waals surface area contributed by atoms with Crippen molar-refractivity contribution in [1.82, 2.24) is 30.1 Å². The van der Waals surface area contributed by atoms with Crippen LogP contribution in [-0.4, -0.2) is 56.9 Å². The van der Waals surface area contributed by atoms with Gasteiger partial charge >= 0.3 is 0 Å². The molecule has 0 bridgehead atoms. The van der Waals surface area contributed by atoms with Crippen LogP contribution in [0.4, 0.5) is 14.5 Å². The summed E-state index contributed by atoms with van der Waals surface area (Å²) in [6, 6.07) is 6.64. The molecule has 3 aromatic heterocycles. The van der Waals surface area contributed by atoms with E-state index in [1.165, 1.54) is 12.4 Å². The van der Waals surface area contributed by atoms with Gasteiger partial charge < -0.3 is 19.5 Å². The van der Waals surface area contributed by atoms with Gasteiger partial charge in [0.1, 0.15) is 6.33 Å². The van der Waals surface area contributed by atoms with E-state index in [9.17, 15) is 13.6 Å². The molecule has 1 fully saturated rings. The summed E-state index contributed by atoms with van der Waals surface area (Å²) in [6.45, 7) is 8.32. The predicted molar refractivity (Wildman–Crippen MR) is 131 cm³/mol. The predicted octanol–water partition coefficient (Wildman–Crippen LogP) is 3.78. The quantitative estimate of drug-likeness (QED) is 0.417. The van der Waals surface area contributed by atoms with E-state index in [0.29, 0.717) is 35.9 Å². The molecule has 194 valence electrons. The van der Waals surface area contributed by atoms with Crippen molar-refractivity contribution < 1.29 is 22.8 Å². The fourth-order valence-corrected chi connectivity index (χ4v) is 4.11. The number of ether oxygens (including phenoxy) is 1. The Labute approximate surface area is 211 Å². The second-order valence-corrected chi connectivity index (χ2v) is 9.81. The molecule has 1 saturated heterocycles. The highest BCUT2D eigenvalue weighted by Gasteiger charge is 2.25. The average Bonchev–Trinajstić information content (AvgIpc) is 3.55. The van der Waals surface area contributed by atoms with Crippen LogP contribution in [0.25, 0.3) is 16.8 Å². The summed E-state index contributed by atoms with van der Waals surface area (Å²) in [5.41, 5.74) is 2.40. The van der Waals surface area contributed by atoms with Crippen LogP contribution in [0.5, 0.6) is 0 Å². The third-order valence-electron chi connectivity index (χ3n) is 6.13. The van der Waals surface area contributed by atoms with Crippen molar-refractivity contribution in [1.29, 1.82) is 0 Å². The molecule has 0 saturated carbocycles. The van der Waals surface area contributed by atoms with Crippen molar-refractivity contribution in [2.45, 2.75) is 39.2 Å². The van der Waals surface area contributed by atoms with E-state index in [1.54, 1.807) is 16.6 Å². The van der Waals surface area contributed by atoms with Gasteiger partial charge in [-0.05, 0) is 17.7 Å². The van der Waals surface area contributed by atoms with Crippen LogP contribution in [0.15, 0.2) is 41.3 Å². The molecule has 1 aromatic carbocycles. The van der Waals surface area contributed by atoms with E-state index in [1.807, 2.05) is 33.0 Å². The lowest BCUT2D eigenvalue weighted by Gasteiger charge is -2.27. The lowest BCUT2D eigenvalue weighted by atomic mass is 9.97. The van der Waals surface area contributed by atoms with Crippen LogP contribution in [0.1, 0.15) is 54.8 Å². The number of alkyl halides is 2. The van der Waals surface area contributed by atoms with E-state index >= 15 is 0 Å². The minimum Gasteiger partial charge on any atom is -0.378 e. The number of fused-ring (bicyclic) bond motifs is 1. The number of carbonyl (C=O) groups is 1. The summed E-state index contributed by atoms with van der Waals surface area (Å²) in [7, 11) is 0. The smallest absolute Gasteiger partial charge is 0.292 e. The van der Waals surface area contributed by atoms with E-state index in [2.05, 4.69) is 30.4 Å². The minimum absolute atomic E-state index is 0.121. The zero-order chi connectivity index (χ0) is 26.2. The second-order valence-electron chi connectivity index (χ2n) is 9.81. The summed E-state index contributed by atoms with van der Waals surface area (Å²) in [4.78, 5) is 23.2. The lowest BCUT2D eigenvalue weighted by molar-refractivity contribution is 0.0935. The highest BCUT2D eigenvalue weighted by atomic mass is 19.3. The summed E-state index contributed by atoms with van der Waals surface area (Å²) in [5, 5.41) is 10.6. The van der Waals surface area contributed by atoms with Crippen LogP contribution in [0.3, 0.4) is 0 Å². The Morgan fingerprint density at radius 1 is 1.19 bits per heavy atom. The number of aromatic nitrogens is 5. The maximum Gasteiger partial charge on any atom is 0.292 e. The number of nitrogens with one attached hydrogen (secondary N) is 1. The molecule has 5 rings (SSSR count). The van der Waals surface area contributed by atoms with Crippen LogP contribution >= 0.6 is 0 Å². The van der Waals surface area contributed by atoms with Crippen LogP contribution in [0, 0.1) is 0 Å². The summed E-state index contributed by atoms with van der Waals surface area (Å²) >= 11 is 0. The van der Waals surface area contributed by atoms with Crippen molar-refractivity contribution >= 4 is 17.1 Å². The van der Waals surface area contributed by atoms with Gasteiger partial charge in [0.2, 0.25) is 5.89 Å². The molecule has 1 aliphatic heterocycles. The number of anilines is 1. The number of hydrogen-bond acceptors (Lipinski definition) is 8. The first-order chi connectivity index (χ1) is 17.7. The molecule has 0 aliphatic carbocycles. The summed E-state index contributed by atoms with van der Waals surface area (Å²) < 4.78 is 40.4. The van der Waals surface area contributed by atoms with Crippen LogP contribution in [-0.2, 0) is 16.7 Å². The first kappa shape index (κ1) is 24.8. The molecule has 0 radical (unpaired) electrons. The van der Waals surface area contributed by atoms with Gasteiger partial charge in [0.05, 0.1) is 36.3 Å². The Kier molecular flexibility index (Phi) is 6.59. The number of carbonyl (C=O) groups excluding carboxylic acids is 1. The molecule has 4 aromatic rings. The molecule has 0 atom stereocenters. The van der Waals surface area contributed by atoms with Gasteiger partial charge in [-0.15, -0.1) is 0 Å². The van der Waals surface area contributed by atoms with Crippen molar-refractivity contribution in [3.05, 3.63) is 59.6 Å². The van der Waals surface area contributed by atoms with Crippen molar-refractivity contribution in [2.24, 2.45) is 0 Å². The molecular formula is C25H27F2N7O3. The number of rotatable bonds is 6. The minimum atomic E-state index is -2.75. The molecule has 1 amide bonds. The molecule has 1 aliphatic rings. The zero-order valence-corrected chi connectivity index (χ0v) is 20.7. The van der Waals surface area contributed by atoms with Crippen LogP contribution < -0.4 is 10.2 Å². The summed E-state index contributed by atoms with van der Waals surface area (Å²) in [6.07, 6.45) is 0.545. The molecule has 4 heterocycles. The van der Waals surface area contributed by atoms with E-state index in [0.717, 1.165) is 18.8 Å². The number of halogens is 2. The van der Waals surface area contributed by atoms with Gasteiger partial charge in [0.25, 0.3) is 18.2 Å². The maximum absolute atomic E-state index is 14.1. The van der Waals surface area contributed by atoms with Gasteiger partial charge in [-0.25, -0.2) is 18.3 Å². The van der Waals surface area contributed by atoms with Crippen molar-refractivity contribution in [3.63, 3.8) is 0 Å². The van der Waals surface area contributed by atoms with E-state index in [-0.39, 0.29) is 23.5 Å². The highest BCUT2D eigenvalue weighted by molar-refractivity contribution is 5.90. The van der Waals surface area contributed by atoms with Crippen molar-refractivity contribution in [3.8, 4) is 11.3 Å². The Morgan fingerprint density at radius 3 is 2.68 bits per heavy atom. The third-order valence-corrected chi connectivity index (χ3v) is 6.13. The van der Waals surface area contributed by atoms with E-state index < -0.39 is 17.7 Å². The maximum atomic E-state index is 14.1. The molecule has 10 nitrogen and oxygen atoms in total. The number of nitrogens with zero attached hydrogens (tertiary/aromatic N) is 6. The largest absolute Gasteiger partial charge is 0.378 e. The van der Waals surface area contributed by atoms with Gasteiger partial charge in [-0.3, -0.25) is 4.79 Å². The molecule has 0 spiro atoms. The molecule has 12 heteroatoms. The number of benzene rings is 1. The third kappa shape index (κ3) is 5.15. The van der Waals surface area contributed by atoms with Gasteiger partial charge in [-0.2, -0.15) is 10.1 Å². The highest BCUT2D eigenvalue weighted by Crippen LogP contribution is 2.32. The monoisotopic (exact) mass is 511 g/mol. The SMILES string of the molecule is CC(C)(C)c1nc(C(=O)NCc2ccc(-c3ncnn4cc(N5CCOCC5)cc34)cc2C(F)F)no1. The standard InChI is InChI=1S/C25H27F2N7O3/c1-25(2,3)24-31-22(32-37-24)23(35)28-12-16-5-4-15(10-18(16)21(26)27)20-19-11-17(13-34(19)30-14-29-20)33-6-8-36-9-7-33/h4-5,10-11,13-14,21H,6-9,12H2,1-3H3,(H,28,35). The zero-order valence-electron chi connectivity index (χ0n) is 20.7. The average molecular weight is 512 g/mol. The van der Waals surface area contributed by atoms with Gasteiger partial charge in [-0.1, -0.05) is 38.1 Å². The molecular weight excluding hydrogens is 484 g/mol. The molecule has 0 unspecified atom stereocenters. The normalized spacial score (nSPS) is 14.5. The number of hydrogen-bond donors (Lipinski definition) is 1. The fraction of sp³-hybridized carbons (Fsp3) is 0.400. The Balaban J connectivity index is 1.39. The summed E-state index contributed by atoms with van der Waals surface area (Å²) in [5.74, 6) is -0.439. The van der Waals surface area contributed by atoms with Gasteiger partial charge in [0.15, 0.2) is 0 Å². The second kappa shape index (κ2) is 9.85. The Bertz CT molecular complexity index is 1420. The van der Waals surface area contributed by atoms with E-state index in [4.69, 9.17) is 9.26 Å². The van der Waals surface area contributed by atoms with Crippen molar-refractivity contribution in [2.75, 3.05) is 31.2 Å². The lowest BCUT2D eigenvalue weighted by Crippen LogP contribution is -2.35. The Hall–Kier alpha value is -3.93. The topological polar surface area (TPSA) is 111 Å². The molecule has 37 heavy (non-hydrogen) atoms. The number of amides is 1. The number of morpholine rings is 1.